The molecule has 1 aromatic heterocycles. The Labute approximate surface area is 130 Å². The van der Waals surface area contributed by atoms with Crippen molar-refractivity contribution in [3.63, 3.8) is 0 Å². The first-order valence-corrected chi connectivity index (χ1v) is 8.00. The summed E-state index contributed by atoms with van der Waals surface area (Å²) in [4.78, 5) is 16.3. The number of carbonyl (C=O) groups excluding carboxylic acids is 1. The predicted octanol–water partition coefficient (Wildman–Crippen LogP) is 3.21. The normalized spacial score (nSPS) is 14.7. The minimum absolute atomic E-state index is 0.102. The highest BCUT2D eigenvalue weighted by atomic mass is 79.9. The number of benzene rings is 1. The van der Waals surface area contributed by atoms with E-state index >= 15 is 0 Å². The molecular weight excluding hydrogens is 342 g/mol. The van der Waals surface area contributed by atoms with Gasteiger partial charge in [0.2, 0.25) is 5.91 Å². The lowest BCUT2D eigenvalue weighted by Gasteiger charge is -2.08. The third-order valence-corrected chi connectivity index (χ3v) is 4.15. The van der Waals surface area contributed by atoms with E-state index in [1.54, 1.807) is 0 Å². The Bertz CT molecular complexity index is 651. The standard InChI is InChI=1S/C14H15BrClN3O/c15-9-1-4-11-12(7-9)19(13(8-16)18-11)6-5-14(20)17-10-2-3-10/h1,4,7,10H,2-3,5-6,8H2,(H,17,20). The topological polar surface area (TPSA) is 46.9 Å². The molecule has 6 heteroatoms. The lowest BCUT2D eigenvalue weighted by molar-refractivity contribution is -0.121. The van der Waals surface area contributed by atoms with Crippen molar-refractivity contribution in [3.05, 3.63) is 28.5 Å². The Morgan fingerprint density at radius 2 is 2.30 bits per heavy atom. The van der Waals surface area contributed by atoms with E-state index in [4.69, 9.17) is 11.6 Å². The Morgan fingerprint density at radius 3 is 3.00 bits per heavy atom. The number of alkyl halides is 1. The van der Waals surface area contributed by atoms with Crippen molar-refractivity contribution in [2.75, 3.05) is 0 Å². The van der Waals surface area contributed by atoms with E-state index < -0.39 is 0 Å². The SMILES string of the molecule is O=C(CCn1c(CCl)nc2ccc(Br)cc21)NC1CC1. The number of aryl methyl sites for hydroxylation is 1. The fourth-order valence-corrected chi connectivity index (χ4v) is 2.79. The van der Waals surface area contributed by atoms with Gasteiger partial charge in [-0.1, -0.05) is 15.9 Å². The molecule has 1 aromatic carbocycles. The van der Waals surface area contributed by atoms with Gasteiger partial charge in [-0.25, -0.2) is 4.98 Å². The molecule has 0 unspecified atom stereocenters. The summed E-state index contributed by atoms with van der Waals surface area (Å²) < 4.78 is 3.02. The second-order valence-corrected chi connectivity index (χ2v) is 6.22. The van der Waals surface area contributed by atoms with Crippen LogP contribution in [0.4, 0.5) is 0 Å². The molecule has 2 aromatic rings. The highest BCUT2D eigenvalue weighted by Crippen LogP contribution is 2.23. The van der Waals surface area contributed by atoms with Gasteiger partial charge in [0.15, 0.2) is 0 Å². The first-order valence-electron chi connectivity index (χ1n) is 6.67. The van der Waals surface area contributed by atoms with Crippen LogP contribution < -0.4 is 5.32 Å². The van der Waals surface area contributed by atoms with Gasteiger partial charge in [-0.15, -0.1) is 11.6 Å². The third-order valence-electron chi connectivity index (χ3n) is 3.41. The van der Waals surface area contributed by atoms with Gasteiger partial charge in [0.05, 0.1) is 16.9 Å². The molecule has 0 spiro atoms. The van der Waals surface area contributed by atoms with E-state index in [1.807, 2.05) is 22.8 Å². The van der Waals surface area contributed by atoms with E-state index in [1.165, 1.54) is 0 Å². The van der Waals surface area contributed by atoms with Crippen LogP contribution in [0.2, 0.25) is 0 Å². The summed E-state index contributed by atoms with van der Waals surface area (Å²) in [5, 5.41) is 3.00. The first kappa shape index (κ1) is 13.9. The Morgan fingerprint density at radius 1 is 1.50 bits per heavy atom. The van der Waals surface area contributed by atoms with Crippen molar-refractivity contribution < 1.29 is 4.79 Å². The van der Waals surface area contributed by atoms with Gasteiger partial charge in [0.1, 0.15) is 5.82 Å². The van der Waals surface area contributed by atoms with Crippen LogP contribution in [0.15, 0.2) is 22.7 Å². The molecule has 3 rings (SSSR count). The quantitative estimate of drug-likeness (QED) is 0.836. The summed E-state index contributed by atoms with van der Waals surface area (Å²) in [7, 11) is 0. The van der Waals surface area contributed by atoms with Gasteiger partial charge in [0, 0.05) is 23.5 Å². The van der Waals surface area contributed by atoms with Crippen LogP contribution in [0.3, 0.4) is 0 Å². The molecule has 1 saturated carbocycles. The zero-order valence-electron chi connectivity index (χ0n) is 10.9. The summed E-state index contributed by atoms with van der Waals surface area (Å²) in [5.41, 5.74) is 1.92. The lowest BCUT2D eigenvalue weighted by atomic mass is 10.3. The van der Waals surface area contributed by atoms with Crippen molar-refractivity contribution in [3.8, 4) is 0 Å². The van der Waals surface area contributed by atoms with Crippen LogP contribution in [0.5, 0.6) is 0 Å². The van der Waals surface area contributed by atoms with Crippen LogP contribution in [-0.2, 0) is 17.2 Å². The molecule has 1 fully saturated rings. The molecule has 0 saturated heterocycles. The average Bonchev–Trinajstić information content (AvgIpc) is 3.16. The van der Waals surface area contributed by atoms with Gasteiger partial charge >= 0.3 is 0 Å². The maximum Gasteiger partial charge on any atom is 0.222 e. The van der Waals surface area contributed by atoms with Gasteiger partial charge in [0.25, 0.3) is 0 Å². The van der Waals surface area contributed by atoms with Gasteiger partial charge in [-0.3, -0.25) is 4.79 Å². The van der Waals surface area contributed by atoms with E-state index in [-0.39, 0.29) is 5.91 Å². The highest BCUT2D eigenvalue weighted by molar-refractivity contribution is 9.10. The van der Waals surface area contributed by atoms with E-state index in [0.717, 1.165) is 34.2 Å². The molecule has 0 radical (unpaired) electrons. The number of hydrogen-bond acceptors (Lipinski definition) is 2. The van der Waals surface area contributed by atoms with Gasteiger partial charge in [-0.05, 0) is 31.0 Å². The van der Waals surface area contributed by atoms with Crippen molar-refractivity contribution >= 4 is 44.5 Å². The number of aromatic nitrogens is 2. The van der Waals surface area contributed by atoms with Crippen molar-refractivity contribution in [1.82, 2.24) is 14.9 Å². The molecule has 106 valence electrons. The molecular formula is C14H15BrClN3O. The zero-order valence-corrected chi connectivity index (χ0v) is 13.2. The number of nitrogens with one attached hydrogen (secondary N) is 1. The van der Waals surface area contributed by atoms with Crippen molar-refractivity contribution in [2.45, 2.75) is 37.7 Å². The number of imidazole rings is 1. The molecule has 1 N–H and O–H groups in total. The van der Waals surface area contributed by atoms with Gasteiger partial charge in [-0.2, -0.15) is 0 Å². The number of rotatable bonds is 5. The number of hydrogen-bond donors (Lipinski definition) is 1. The fraction of sp³-hybridized carbons (Fsp3) is 0.429. The number of nitrogens with zero attached hydrogens (tertiary/aromatic N) is 2. The summed E-state index contributed by atoms with van der Waals surface area (Å²) in [6.45, 7) is 0.605. The molecule has 1 heterocycles. The maximum absolute atomic E-state index is 11.8. The van der Waals surface area contributed by atoms with Crippen molar-refractivity contribution in [2.24, 2.45) is 0 Å². The molecule has 1 aliphatic carbocycles. The number of carbonyl (C=O) groups is 1. The Balaban J connectivity index is 1.80. The largest absolute Gasteiger partial charge is 0.353 e. The van der Waals surface area contributed by atoms with E-state index in [0.29, 0.717) is 24.9 Å². The molecule has 1 aliphatic rings. The van der Waals surface area contributed by atoms with Crippen LogP contribution >= 0.6 is 27.5 Å². The second-order valence-electron chi connectivity index (χ2n) is 5.04. The lowest BCUT2D eigenvalue weighted by Crippen LogP contribution is -2.26. The number of fused-ring (bicyclic) bond motifs is 1. The zero-order chi connectivity index (χ0) is 14.1. The molecule has 0 atom stereocenters. The number of amides is 1. The Kier molecular flexibility index (Phi) is 3.98. The van der Waals surface area contributed by atoms with Crippen LogP contribution in [-0.4, -0.2) is 21.5 Å². The molecule has 0 bridgehead atoms. The van der Waals surface area contributed by atoms with Crippen LogP contribution in [0.25, 0.3) is 11.0 Å². The predicted molar refractivity (Wildman–Crippen MR) is 82.8 cm³/mol. The van der Waals surface area contributed by atoms with Crippen molar-refractivity contribution in [1.29, 1.82) is 0 Å². The molecule has 1 amide bonds. The van der Waals surface area contributed by atoms with E-state index in [9.17, 15) is 4.79 Å². The highest BCUT2D eigenvalue weighted by Gasteiger charge is 2.23. The molecule has 0 aliphatic heterocycles. The minimum Gasteiger partial charge on any atom is -0.353 e. The monoisotopic (exact) mass is 355 g/mol. The molecule has 20 heavy (non-hydrogen) atoms. The Hall–Kier alpha value is -1.07. The summed E-state index contributed by atoms with van der Waals surface area (Å²) in [6, 6.07) is 6.33. The number of halogens is 2. The maximum atomic E-state index is 11.8. The van der Waals surface area contributed by atoms with Crippen LogP contribution in [0.1, 0.15) is 25.1 Å². The van der Waals surface area contributed by atoms with Crippen LogP contribution in [0, 0.1) is 0 Å². The first-order chi connectivity index (χ1) is 9.67. The van der Waals surface area contributed by atoms with E-state index in [2.05, 4.69) is 26.2 Å². The second kappa shape index (κ2) is 5.74. The molecule has 4 nitrogen and oxygen atoms in total. The third kappa shape index (κ3) is 2.99. The summed E-state index contributed by atoms with van der Waals surface area (Å²) in [5.74, 6) is 1.25. The average molecular weight is 357 g/mol. The minimum atomic E-state index is 0.102. The summed E-state index contributed by atoms with van der Waals surface area (Å²) >= 11 is 9.42. The van der Waals surface area contributed by atoms with Gasteiger partial charge < -0.3 is 9.88 Å². The fourth-order valence-electron chi connectivity index (χ4n) is 2.24. The summed E-state index contributed by atoms with van der Waals surface area (Å²) in [6.07, 6.45) is 2.68. The smallest absolute Gasteiger partial charge is 0.222 e.